The number of amides is 1. The van der Waals surface area contributed by atoms with E-state index in [2.05, 4.69) is 5.32 Å². The Balaban J connectivity index is 2.31. The molecule has 19 heavy (non-hydrogen) atoms. The van der Waals surface area contributed by atoms with Crippen LogP contribution in [0.5, 0.6) is 0 Å². The fourth-order valence-corrected chi connectivity index (χ4v) is 2.12. The Morgan fingerprint density at radius 3 is 2.79 bits per heavy atom. The minimum atomic E-state index is -0.424. The monoisotopic (exact) mass is 272 g/mol. The van der Waals surface area contributed by atoms with Crippen LogP contribution >= 0.6 is 0 Å². The zero-order valence-electron chi connectivity index (χ0n) is 12.7. The number of likely N-dealkylation sites (tertiary alicyclic amines) is 1. The second kappa shape index (κ2) is 7.70. The van der Waals surface area contributed by atoms with Gasteiger partial charge in [0.1, 0.15) is 5.60 Å². The zero-order chi connectivity index (χ0) is 14.3. The predicted molar refractivity (Wildman–Crippen MR) is 75.3 cm³/mol. The summed E-state index contributed by atoms with van der Waals surface area (Å²) in [6, 6.07) is 0.349. The first-order chi connectivity index (χ1) is 8.92. The second-order valence-electron chi connectivity index (χ2n) is 5.92. The van der Waals surface area contributed by atoms with Gasteiger partial charge in [-0.2, -0.15) is 0 Å². The van der Waals surface area contributed by atoms with E-state index in [1.54, 1.807) is 4.90 Å². The summed E-state index contributed by atoms with van der Waals surface area (Å²) in [5.74, 6) is 0. The highest BCUT2D eigenvalue weighted by Crippen LogP contribution is 2.15. The van der Waals surface area contributed by atoms with Gasteiger partial charge in [0.15, 0.2) is 0 Å². The highest BCUT2D eigenvalue weighted by atomic mass is 16.6. The van der Waals surface area contributed by atoms with Crippen molar-refractivity contribution < 1.29 is 14.3 Å². The van der Waals surface area contributed by atoms with Gasteiger partial charge in [0, 0.05) is 32.3 Å². The topological polar surface area (TPSA) is 50.8 Å². The van der Waals surface area contributed by atoms with Crippen molar-refractivity contribution in [3.05, 3.63) is 0 Å². The molecule has 5 nitrogen and oxygen atoms in total. The van der Waals surface area contributed by atoms with Crippen LogP contribution < -0.4 is 5.32 Å². The summed E-state index contributed by atoms with van der Waals surface area (Å²) in [6.45, 7) is 11.5. The van der Waals surface area contributed by atoms with Crippen molar-refractivity contribution in [2.24, 2.45) is 0 Å². The minimum Gasteiger partial charge on any atom is -0.444 e. The highest BCUT2D eigenvalue weighted by Gasteiger charge is 2.27. The maximum atomic E-state index is 12.0. The standard InChI is InChI=1S/C14H28N2O3/c1-5-18-10-8-15-12-7-6-9-16(11-12)13(17)19-14(2,3)4/h12,15H,5-11H2,1-4H3. The molecule has 1 aliphatic heterocycles. The van der Waals surface area contributed by atoms with Crippen LogP contribution in [-0.2, 0) is 9.47 Å². The third-order valence-electron chi connectivity index (χ3n) is 2.96. The van der Waals surface area contributed by atoms with Gasteiger partial charge in [0.25, 0.3) is 0 Å². The summed E-state index contributed by atoms with van der Waals surface area (Å²) in [6.07, 6.45) is 1.92. The Kier molecular flexibility index (Phi) is 6.58. The van der Waals surface area contributed by atoms with Gasteiger partial charge in [-0.25, -0.2) is 4.79 Å². The molecule has 0 aromatic rings. The number of carbonyl (C=O) groups is 1. The number of hydrogen-bond donors (Lipinski definition) is 1. The van der Waals surface area contributed by atoms with Crippen molar-refractivity contribution >= 4 is 6.09 Å². The summed E-state index contributed by atoms with van der Waals surface area (Å²) >= 11 is 0. The van der Waals surface area contributed by atoms with Crippen LogP contribution in [0.3, 0.4) is 0 Å². The van der Waals surface area contributed by atoms with Crippen molar-refractivity contribution in [3.8, 4) is 0 Å². The summed E-state index contributed by atoms with van der Waals surface area (Å²) < 4.78 is 10.7. The third-order valence-corrected chi connectivity index (χ3v) is 2.96. The highest BCUT2D eigenvalue weighted by molar-refractivity contribution is 5.68. The quantitative estimate of drug-likeness (QED) is 0.778. The van der Waals surface area contributed by atoms with Crippen molar-refractivity contribution in [3.63, 3.8) is 0 Å². The van der Waals surface area contributed by atoms with Gasteiger partial charge in [-0.05, 0) is 40.5 Å². The lowest BCUT2D eigenvalue weighted by Gasteiger charge is -2.34. The summed E-state index contributed by atoms with van der Waals surface area (Å²) in [5, 5.41) is 3.43. The van der Waals surface area contributed by atoms with E-state index < -0.39 is 5.60 Å². The molecule has 1 unspecified atom stereocenters. The van der Waals surface area contributed by atoms with Crippen molar-refractivity contribution in [1.82, 2.24) is 10.2 Å². The zero-order valence-corrected chi connectivity index (χ0v) is 12.7. The van der Waals surface area contributed by atoms with E-state index in [-0.39, 0.29) is 6.09 Å². The molecule has 1 atom stereocenters. The molecule has 1 rings (SSSR count). The second-order valence-corrected chi connectivity index (χ2v) is 5.92. The van der Waals surface area contributed by atoms with E-state index in [1.807, 2.05) is 27.7 Å². The molecule has 1 aliphatic rings. The van der Waals surface area contributed by atoms with Gasteiger partial charge in [0.2, 0.25) is 0 Å². The molecule has 1 saturated heterocycles. The SMILES string of the molecule is CCOCCNC1CCCN(C(=O)OC(C)(C)C)C1. The lowest BCUT2D eigenvalue weighted by atomic mass is 10.1. The minimum absolute atomic E-state index is 0.205. The number of carbonyl (C=O) groups excluding carboxylic acids is 1. The van der Waals surface area contributed by atoms with Crippen molar-refractivity contribution in [2.75, 3.05) is 32.8 Å². The van der Waals surface area contributed by atoms with E-state index in [4.69, 9.17) is 9.47 Å². The number of rotatable bonds is 5. The molecular weight excluding hydrogens is 244 g/mol. The lowest BCUT2D eigenvalue weighted by molar-refractivity contribution is 0.0185. The van der Waals surface area contributed by atoms with E-state index in [1.165, 1.54) is 0 Å². The Morgan fingerprint density at radius 1 is 1.42 bits per heavy atom. The molecule has 1 heterocycles. The maximum absolute atomic E-state index is 12.0. The normalized spacial score (nSPS) is 20.4. The third kappa shape index (κ3) is 6.78. The Morgan fingerprint density at radius 2 is 2.16 bits per heavy atom. The van der Waals surface area contributed by atoms with Crippen LogP contribution in [0, 0.1) is 0 Å². The molecular formula is C14H28N2O3. The van der Waals surface area contributed by atoms with Gasteiger partial charge < -0.3 is 19.7 Å². The Bertz CT molecular complexity index is 276. The predicted octanol–water partition coefficient (Wildman–Crippen LogP) is 2.01. The molecule has 112 valence electrons. The van der Waals surface area contributed by atoms with E-state index in [0.717, 1.165) is 45.7 Å². The number of ether oxygens (including phenoxy) is 2. The van der Waals surface area contributed by atoms with Gasteiger partial charge in [-0.1, -0.05) is 0 Å². The number of nitrogens with zero attached hydrogens (tertiary/aromatic N) is 1. The van der Waals surface area contributed by atoms with Crippen LogP contribution in [0.1, 0.15) is 40.5 Å². The van der Waals surface area contributed by atoms with Crippen LogP contribution in [0.4, 0.5) is 4.79 Å². The van der Waals surface area contributed by atoms with Crippen molar-refractivity contribution in [2.45, 2.75) is 52.2 Å². The van der Waals surface area contributed by atoms with Gasteiger partial charge in [0.05, 0.1) is 6.61 Å². The molecule has 0 spiro atoms. The molecule has 0 aromatic carbocycles. The number of hydrogen-bond acceptors (Lipinski definition) is 4. The summed E-state index contributed by atoms with van der Waals surface area (Å²) in [7, 11) is 0. The Hall–Kier alpha value is -0.810. The van der Waals surface area contributed by atoms with Crippen LogP contribution in [0.15, 0.2) is 0 Å². The van der Waals surface area contributed by atoms with Gasteiger partial charge in [-0.15, -0.1) is 0 Å². The fourth-order valence-electron chi connectivity index (χ4n) is 2.12. The molecule has 5 heteroatoms. The molecule has 1 fully saturated rings. The van der Waals surface area contributed by atoms with Crippen LogP contribution in [-0.4, -0.2) is 55.5 Å². The van der Waals surface area contributed by atoms with E-state index >= 15 is 0 Å². The molecule has 0 aliphatic carbocycles. The van der Waals surface area contributed by atoms with Crippen LogP contribution in [0.2, 0.25) is 0 Å². The average Bonchev–Trinajstić information content (AvgIpc) is 2.33. The molecule has 0 bridgehead atoms. The molecule has 1 amide bonds. The Labute approximate surface area is 116 Å². The summed E-state index contributed by atoms with van der Waals surface area (Å²) in [4.78, 5) is 13.8. The smallest absolute Gasteiger partial charge is 0.410 e. The van der Waals surface area contributed by atoms with E-state index in [9.17, 15) is 4.79 Å². The first-order valence-corrected chi connectivity index (χ1v) is 7.21. The fraction of sp³-hybridized carbons (Fsp3) is 0.929. The molecule has 0 radical (unpaired) electrons. The van der Waals surface area contributed by atoms with E-state index in [0.29, 0.717) is 6.04 Å². The lowest BCUT2D eigenvalue weighted by Crippen LogP contribution is -2.49. The maximum Gasteiger partial charge on any atom is 0.410 e. The van der Waals surface area contributed by atoms with Crippen LogP contribution in [0.25, 0.3) is 0 Å². The molecule has 1 N–H and O–H groups in total. The first-order valence-electron chi connectivity index (χ1n) is 7.21. The molecule has 0 saturated carbocycles. The average molecular weight is 272 g/mol. The van der Waals surface area contributed by atoms with Crippen molar-refractivity contribution in [1.29, 1.82) is 0 Å². The van der Waals surface area contributed by atoms with Gasteiger partial charge >= 0.3 is 6.09 Å². The first kappa shape index (κ1) is 16.2. The van der Waals surface area contributed by atoms with Gasteiger partial charge in [-0.3, -0.25) is 0 Å². The number of nitrogens with one attached hydrogen (secondary N) is 1. The summed E-state index contributed by atoms with van der Waals surface area (Å²) in [5.41, 5.74) is -0.424. The number of piperidine rings is 1. The molecule has 0 aromatic heterocycles. The largest absolute Gasteiger partial charge is 0.444 e.